The topological polar surface area (TPSA) is 29.5 Å². The number of halogens is 1. The van der Waals surface area contributed by atoms with Crippen molar-refractivity contribution >= 4 is 21.8 Å². The molecule has 0 radical (unpaired) electrons. The molecule has 20 heavy (non-hydrogen) atoms. The Kier molecular flexibility index (Phi) is 5.46. The highest BCUT2D eigenvalue weighted by molar-refractivity contribution is 9.10. The summed E-state index contributed by atoms with van der Waals surface area (Å²) in [5.41, 5.74) is 0. The molecule has 1 saturated carbocycles. The lowest BCUT2D eigenvalue weighted by Gasteiger charge is -2.32. The Hall–Kier alpha value is -1.03. The number of rotatable bonds is 4. The van der Waals surface area contributed by atoms with E-state index in [1.807, 2.05) is 43.1 Å². The summed E-state index contributed by atoms with van der Waals surface area (Å²) in [6.07, 6.45) is 5.53. The average Bonchev–Trinajstić information content (AvgIpc) is 2.46. The van der Waals surface area contributed by atoms with Gasteiger partial charge in [-0.1, -0.05) is 41.3 Å². The quantitative estimate of drug-likeness (QED) is 0.829. The smallest absolute Gasteiger partial charge is 0.263 e. The van der Waals surface area contributed by atoms with Crippen molar-refractivity contribution in [3.63, 3.8) is 0 Å². The van der Waals surface area contributed by atoms with E-state index in [1.54, 1.807) is 0 Å². The number of carbonyl (C=O) groups is 1. The molecule has 0 N–H and O–H groups in total. The zero-order chi connectivity index (χ0) is 14.5. The van der Waals surface area contributed by atoms with Gasteiger partial charge in [0, 0.05) is 17.6 Å². The van der Waals surface area contributed by atoms with Gasteiger partial charge in [0.1, 0.15) is 5.75 Å². The van der Waals surface area contributed by atoms with Crippen LogP contribution in [0.3, 0.4) is 0 Å². The lowest BCUT2D eigenvalue weighted by Crippen LogP contribution is -2.44. The number of hydrogen-bond acceptors (Lipinski definition) is 2. The fourth-order valence-corrected chi connectivity index (χ4v) is 3.11. The van der Waals surface area contributed by atoms with Crippen molar-refractivity contribution in [1.82, 2.24) is 4.90 Å². The van der Waals surface area contributed by atoms with Crippen LogP contribution in [0.15, 0.2) is 28.7 Å². The first-order chi connectivity index (χ1) is 9.58. The second-order valence-electron chi connectivity index (χ2n) is 5.46. The summed E-state index contributed by atoms with van der Waals surface area (Å²) in [4.78, 5) is 14.3. The van der Waals surface area contributed by atoms with Crippen LogP contribution >= 0.6 is 15.9 Å². The minimum Gasteiger partial charge on any atom is -0.481 e. The van der Waals surface area contributed by atoms with Gasteiger partial charge in [-0.25, -0.2) is 0 Å². The standard InChI is InChI=1S/C16H22BrNO2/c1-12(20-15-10-6-7-13(17)11-15)16(19)18(2)14-8-4-3-5-9-14/h6-7,10-12,14H,3-5,8-9H2,1-2H3. The van der Waals surface area contributed by atoms with Crippen LogP contribution in [-0.2, 0) is 4.79 Å². The molecule has 1 aliphatic rings. The Morgan fingerprint density at radius 3 is 2.70 bits per heavy atom. The van der Waals surface area contributed by atoms with Gasteiger partial charge < -0.3 is 9.64 Å². The molecular formula is C16H22BrNO2. The molecule has 1 aromatic rings. The summed E-state index contributed by atoms with van der Waals surface area (Å²) in [6, 6.07) is 7.97. The third-order valence-corrected chi connectivity index (χ3v) is 4.42. The van der Waals surface area contributed by atoms with E-state index in [1.165, 1.54) is 19.3 Å². The molecule has 1 atom stereocenters. The average molecular weight is 340 g/mol. The molecule has 1 aromatic carbocycles. The van der Waals surface area contributed by atoms with Crippen molar-refractivity contribution in [2.45, 2.75) is 51.2 Å². The van der Waals surface area contributed by atoms with Crippen LogP contribution in [0.4, 0.5) is 0 Å². The predicted molar refractivity (Wildman–Crippen MR) is 83.9 cm³/mol. The molecule has 0 saturated heterocycles. The number of amides is 1. The fraction of sp³-hybridized carbons (Fsp3) is 0.562. The molecule has 1 unspecified atom stereocenters. The summed E-state index contributed by atoms with van der Waals surface area (Å²) in [6.45, 7) is 1.82. The monoisotopic (exact) mass is 339 g/mol. The van der Waals surface area contributed by atoms with E-state index in [9.17, 15) is 4.79 Å². The summed E-state index contributed by atoms with van der Waals surface area (Å²) in [5.74, 6) is 0.786. The number of likely N-dealkylation sites (N-methyl/N-ethyl adjacent to an activating group) is 1. The molecule has 0 spiro atoms. The van der Waals surface area contributed by atoms with E-state index in [0.29, 0.717) is 6.04 Å². The highest BCUT2D eigenvalue weighted by atomic mass is 79.9. The van der Waals surface area contributed by atoms with E-state index in [2.05, 4.69) is 15.9 Å². The first kappa shape index (κ1) is 15.4. The van der Waals surface area contributed by atoms with Gasteiger partial charge in [-0.3, -0.25) is 4.79 Å². The Morgan fingerprint density at radius 1 is 1.35 bits per heavy atom. The molecule has 0 aliphatic heterocycles. The van der Waals surface area contributed by atoms with Crippen LogP contribution in [0.2, 0.25) is 0 Å². The Balaban J connectivity index is 1.93. The van der Waals surface area contributed by atoms with Crippen molar-refractivity contribution in [2.24, 2.45) is 0 Å². The van der Waals surface area contributed by atoms with E-state index >= 15 is 0 Å². The normalized spacial score (nSPS) is 17.6. The zero-order valence-electron chi connectivity index (χ0n) is 12.1. The lowest BCUT2D eigenvalue weighted by atomic mass is 9.94. The molecule has 3 nitrogen and oxygen atoms in total. The van der Waals surface area contributed by atoms with Gasteiger partial charge in [0.2, 0.25) is 0 Å². The van der Waals surface area contributed by atoms with Crippen LogP contribution in [0.1, 0.15) is 39.0 Å². The molecule has 0 aromatic heterocycles. The van der Waals surface area contributed by atoms with Crippen molar-refractivity contribution in [3.8, 4) is 5.75 Å². The summed E-state index contributed by atoms with van der Waals surface area (Å²) in [7, 11) is 1.90. The lowest BCUT2D eigenvalue weighted by molar-refractivity contribution is -0.139. The molecule has 110 valence electrons. The Bertz CT molecular complexity index is 458. The number of ether oxygens (including phenoxy) is 1. The maximum absolute atomic E-state index is 12.4. The van der Waals surface area contributed by atoms with Crippen LogP contribution in [0, 0.1) is 0 Å². The predicted octanol–water partition coefficient (Wildman–Crippen LogP) is 4.01. The Morgan fingerprint density at radius 2 is 2.05 bits per heavy atom. The van der Waals surface area contributed by atoms with Gasteiger partial charge >= 0.3 is 0 Å². The molecule has 0 bridgehead atoms. The second-order valence-corrected chi connectivity index (χ2v) is 6.37. The first-order valence-electron chi connectivity index (χ1n) is 7.27. The summed E-state index contributed by atoms with van der Waals surface area (Å²) >= 11 is 3.41. The van der Waals surface area contributed by atoms with Gasteiger partial charge in [-0.2, -0.15) is 0 Å². The van der Waals surface area contributed by atoms with Crippen molar-refractivity contribution in [2.75, 3.05) is 7.05 Å². The maximum atomic E-state index is 12.4. The summed E-state index contributed by atoms with van der Waals surface area (Å²) < 4.78 is 6.70. The van der Waals surface area contributed by atoms with E-state index in [4.69, 9.17) is 4.74 Å². The first-order valence-corrected chi connectivity index (χ1v) is 8.06. The Labute approximate surface area is 129 Å². The van der Waals surface area contributed by atoms with E-state index in [-0.39, 0.29) is 5.91 Å². The van der Waals surface area contributed by atoms with Gasteiger partial charge in [0.05, 0.1) is 0 Å². The van der Waals surface area contributed by atoms with Crippen molar-refractivity contribution in [1.29, 1.82) is 0 Å². The minimum atomic E-state index is -0.448. The largest absolute Gasteiger partial charge is 0.481 e. The zero-order valence-corrected chi connectivity index (χ0v) is 13.7. The molecule has 4 heteroatoms. The second kappa shape index (κ2) is 7.11. The van der Waals surface area contributed by atoms with E-state index < -0.39 is 6.10 Å². The molecule has 0 heterocycles. The van der Waals surface area contributed by atoms with E-state index in [0.717, 1.165) is 23.1 Å². The molecule has 1 fully saturated rings. The van der Waals surface area contributed by atoms with Crippen LogP contribution in [0.25, 0.3) is 0 Å². The SMILES string of the molecule is CC(Oc1cccc(Br)c1)C(=O)N(C)C1CCCCC1. The highest BCUT2D eigenvalue weighted by Crippen LogP contribution is 2.23. The fourth-order valence-electron chi connectivity index (χ4n) is 2.73. The van der Waals surface area contributed by atoms with Gasteiger partial charge in [0.25, 0.3) is 5.91 Å². The van der Waals surface area contributed by atoms with Crippen LogP contribution in [0.5, 0.6) is 5.75 Å². The van der Waals surface area contributed by atoms with Crippen molar-refractivity contribution < 1.29 is 9.53 Å². The van der Waals surface area contributed by atoms with Gasteiger partial charge in [-0.05, 0) is 38.0 Å². The van der Waals surface area contributed by atoms with Crippen molar-refractivity contribution in [3.05, 3.63) is 28.7 Å². The van der Waals surface area contributed by atoms with Gasteiger partial charge in [-0.15, -0.1) is 0 Å². The molecular weight excluding hydrogens is 318 g/mol. The third kappa shape index (κ3) is 3.98. The third-order valence-electron chi connectivity index (χ3n) is 3.93. The molecule has 1 amide bonds. The number of hydrogen-bond donors (Lipinski definition) is 0. The number of benzene rings is 1. The number of nitrogens with zero attached hydrogens (tertiary/aromatic N) is 1. The van der Waals surface area contributed by atoms with Gasteiger partial charge in [0.15, 0.2) is 6.10 Å². The minimum absolute atomic E-state index is 0.0666. The van der Waals surface area contributed by atoms with Crippen LogP contribution in [-0.4, -0.2) is 30.0 Å². The number of carbonyl (C=O) groups excluding carboxylic acids is 1. The highest BCUT2D eigenvalue weighted by Gasteiger charge is 2.26. The van der Waals surface area contributed by atoms with Crippen LogP contribution < -0.4 is 4.74 Å². The summed E-state index contributed by atoms with van der Waals surface area (Å²) in [5, 5.41) is 0. The maximum Gasteiger partial charge on any atom is 0.263 e. The molecule has 2 rings (SSSR count). The molecule has 1 aliphatic carbocycles.